The molecule has 6 nitrogen and oxygen atoms in total. The van der Waals surface area contributed by atoms with Crippen molar-refractivity contribution in [1.82, 2.24) is 0 Å². The Kier molecular flexibility index (Phi) is 4.59. The Labute approximate surface area is 117 Å². The van der Waals surface area contributed by atoms with Gasteiger partial charge in [0.1, 0.15) is 10.7 Å². The molecule has 1 aliphatic heterocycles. The average Bonchev–Trinajstić information content (AvgIpc) is 2.38. The van der Waals surface area contributed by atoms with Crippen LogP contribution in [-0.2, 0) is 19.5 Å². The van der Waals surface area contributed by atoms with Crippen molar-refractivity contribution >= 4 is 15.7 Å². The summed E-state index contributed by atoms with van der Waals surface area (Å²) in [6.07, 6.45) is -0.235. The molecule has 1 aromatic rings. The lowest BCUT2D eigenvalue weighted by Crippen LogP contribution is -2.45. The highest BCUT2D eigenvalue weighted by Crippen LogP contribution is 2.29. The molecule has 0 bridgehead atoms. The molecule has 2 rings (SSSR count). The molecular formula is C12H17FN2O4S. The second-order valence-corrected chi connectivity index (χ2v) is 6.06. The zero-order chi connectivity index (χ0) is 14.8. The van der Waals surface area contributed by atoms with Crippen LogP contribution < -0.4 is 10.0 Å². The maximum atomic E-state index is 14.0. The van der Waals surface area contributed by atoms with Gasteiger partial charge in [0, 0.05) is 20.2 Å². The van der Waals surface area contributed by atoms with Gasteiger partial charge in [-0.05, 0) is 12.1 Å². The molecule has 8 heteroatoms. The molecule has 1 aliphatic rings. The molecule has 2 N–H and O–H groups in total. The van der Waals surface area contributed by atoms with Crippen LogP contribution in [0.1, 0.15) is 0 Å². The van der Waals surface area contributed by atoms with Crippen LogP contribution in [-0.4, -0.2) is 47.9 Å². The van der Waals surface area contributed by atoms with E-state index in [-0.39, 0.29) is 16.7 Å². The quantitative estimate of drug-likeness (QED) is 0.866. The van der Waals surface area contributed by atoms with Crippen LogP contribution >= 0.6 is 0 Å². The topological polar surface area (TPSA) is 81.9 Å². The fourth-order valence-corrected chi connectivity index (χ4v) is 3.01. The van der Waals surface area contributed by atoms with Gasteiger partial charge in [-0.25, -0.2) is 17.9 Å². The fourth-order valence-electron chi connectivity index (χ4n) is 2.24. The molecule has 0 aliphatic carbocycles. The third-order valence-corrected chi connectivity index (χ3v) is 4.01. The number of nitrogens with zero attached hydrogens (tertiary/aromatic N) is 1. The molecule has 0 radical (unpaired) electrons. The van der Waals surface area contributed by atoms with Crippen molar-refractivity contribution in [3.05, 3.63) is 24.0 Å². The summed E-state index contributed by atoms with van der Waals surface area (Å²) in [5.74, 6) is -0.616. The Hall–Kier alpha value is -1.22. The summed E-state index contributed by atoms with van der Waals surface area (Å²) in [5.41, 5.74) is -0.000553. The Balaban J connectivity index is 2.37. The number of para-hydroxylation sites is 1. The number of rotatable bonds is 4. The summed E-state index contributed by atoms with van der Waals surface area (Å²) in [7, 11) is -2.45. The van der Waals surface area contributed by atoms with E-state index in [2.05, 4.69) is 0 Å². The first-order valence-electron chi connectivity index (χ1n) is 6.10. The average molecular weight is 304 g/mol. The van der Waals surface area contributed by atoms with E-state index < -0.39 is 15.8 Å². The zero-order valence-electron chi connectivity index (χ0n) is 11.1. The second-order valence-electron chi connectivity index (χ2n) is 4.53. The lowest BCUT2D eigenvalue weighted by molar-refractivity contribution is -0.0103. The lowest BCUT2D eigenvalue weighted by Gasteiger charge is -2.35. The number of hydrogen-bond acceptors (Lipinski definition) is 5. The summed E-state index contributed by atoms with van der Waals surface area (Å²) in [5, 5.41) is 5.15. The van der Waals surface area contributed by atoms with Gasteiger partial charge in [0.25, 0.3) is 0 Å². The fraction of sp³-hybridized carbons (Fsp3) is 0.500. The van der Waals surface area contributed by atoms with Gasteiger partial charge in [-0.2, -0.15) is 0 Å². The summed E-state index contributed by atoms with van der Waals surface area (Å²) >= 11 is 0. The molecule has 0 saturated carbocycles. The maximum absolute atomic E-state index is 14.0. The zero-order valence-corrected chi connectivity index (χ0v) is 11.9. The van der Waals surface area contributed by atoms with E-state index in [1.165, 1.54) is 18.2 Å². The normalized spacial score (nSPS) is 20.1. The number of benzene rings is 1. The van der Waals surface area contributed by atoms with Crippen LogP contribution in [0, 0.1) is 5.82 Å². The van der Waals surface area contributed by atoms with Crippen LogP contribution in [0.15, 0.2) is 23.1 Å². The molecule has 112 valence electrons. The van der Waals surface area contributed by atoms with Crippen molar-refractivity contribution in [3.8, 4) is 0 Å². The molecule has 1 saturated heterocycles. The molecule has 1 aromatic carbocycles. The van der Waals surface area contributed by atoms with Gasteiger partial charge < -0.3 is 14.4 Å². The summed E-state index contributed by atoms with van der Waals surface area (Å²) in [6, 6.07) is 3.84. The van der Waals surface area contributed by atoms with E-state index in [9.17, 15) is 12.8 Å². The molecule has 1 atom stereocenters. The predicted molar refractivity (Wildman–Crippen MR) is 71.6 cm³/mol. The van der Waals surface area contributed by atoms with Crippen molar-refractivity contribution in [3.63, 3.8) is 0 Å². The minimum Gasteiger partial charge on any atom is -0.382 e. The van der Waals surface area contributed by atoms with Crippen LogP contribution in [0.4, 0.5) is 10.1 Å². The predicted octanol–water partition coefficient (Wildman–Crippen LogP) is 0.325. The number of halogens is 1. The molecule has 1 fully saturated rings. The molecule has 0 amide bonds. The SMILES string of the molecule is COCC1CN(c2c(F)cccc2S(N)(=O)=O)CCO1. The van der Waals surface area contributed by atoms with Gasteiger partial charge in [0.15, 0.2) is 0 Å². The summed E-state index contributed by atoms with van der Waals surface area (Å²) in [4.78, 5) is 1.41. The minimum atomic E-state index is -3.99. The van der Waals surface area contributed by atoms with Crippen molar-refractivity contribution < 1.29 is 22.3 Å². The molecule has 0 aromatic heterocycles. The first-order valence-corrected chi connectivity index (χ1v) is 7.65. The number of morpholine rings is 1. The van der Waals surface area contributed by atoms with Gasteiger partial charge >= 0.3 is 0 Å². The minimum absolute atomic E-state index is 0.000553. The van der Waals surface area contributed by atoms with Crippen molar-refractivity contribution in [2.75, 3.05) is 38.3 Å². The van der Waals surface area contributed by atoms with Crippen LogP contribution in [0.5, 0.6) is 0 Å². The first-order chi connectivity index (χ1) is 9.43. The van der Waals surface area contributed by atoms with Gasteiger partial charge in [-0.3, -0.25) is 0 Å². The van der Waals surface area contributed by atoms with E-state index in [1.807, 2.05) is 0 Å². The Bertz CT molecular complexity index is 577. The second kappa shape index (κ2) is 6.04. The van der Waals surface area contributed by atoms with E-state index in [4.69, 9.17) is 14.6 Å². The molecule has 0 spiro atoms. The number of methoxy groups -OCH3 is 1. The standard InChI is InChI=1S/C12H17FN2O4S/c1-18-8-9-7-15(5-6-19-9)12-10(13)3-2-4-11(12)20(14,16)17/h2-4,9H,5-8H2,1H3,(H2,14,16,17). The Morgan fingerprint density at radius 2 is 2.30 bits per heavy atom. The smallest absolute Gasteiger partial charge is 0.240 e. The van der Waals surface area contributed by atoms with Gasteiger partial charge in [0.2, 0.25) is 10.0 Å². The van der Waals surface area contributed by atoms with E-state index in [1.54, 1.807) is 12.0 Å². The van der Waals surface area contributed by atoms with E-state index in [0.29, 0.717) is 26.3 Å². The van der Waals surface area contributed by atoms with Gasteiger partial charge in [0.05, 0.1) is 25.0 Å². The van der Waals surface area contributed by atoms with Crippen LogP contribution in [0.3, 0.4) is 0 Å². The third-order valence-electron chi connectivity index (χ3n) is 3.06. The van der Waals surface area contributed by atoms with Crippen LogP contribution in [0.2, 0.25) is 0 Å². The first kappa shape index (κ1) is 15.2. The Morgan fingerprint density at radius 1 is 1.55 bits per heavy atom. The lowest BCUT2D eigenvalue weighted by atomic mass is 10.2. The van der Waals surface area contributed by atoms with E-state index in [0.717, 1.165) is 0 Å². The van der Waals surface area contributed by atoms with Crippen molar-refractivity contribution in [2.45, 2.75) is 11.0 Å². The number of anilines is 1. The number of primary sulfonamides is 1. The van der Waals surface area contributed by atoms with Crippen molar-refractivity contribution in [2.24, 2.45) is 5.14 Å². The largest absolute Gasteiger partial charge is 0.382 e. The number of hydrogen-bond donors (Lipinski definition) is 1. The van der Waals surface area contributed by atoms with Crippen LogP contribution in [0.25, 0.3) is 0 Å². The molecule has 1 heterocycles. The van der Waals surface area contributed by atoms with Gasteiger partial charge in [-0.15, -0.1) is 0 Å². The van der Waals surface area contributed by atoms with E-state index >= 15 is 0 Å². The molecule has 1 unspecified atom stereocenters. The summed E-state index contributed by atoms with van der Waals surface area (Å²) in [6.45, 7) is 1.46. The monoisotopic (exact) mass is 304 g/mol. The number of sulfonamides is 1. The Morgan fingerprint density at radius 3 is 2.95 bits per heavy atom. The number of nitrogens with two attached hydrogens (primary N) is 1. The molecular weight excluding hydrogens is 287 g/mol. The third kappa shape index (κ3) is 3.26. The maximum Gasteiger partial charge on any atom is 0.240 e. The van der Waals surface area contributed by atoms with Gasteiger partial charge in [-0.1, -0.05) is 6.07 Å². The summed E-state index contributed by atoms with van der Waals surface area (Å²) < 4.78 is 47.7. The number of ether oxygens (including phenoxy) is 2. The molecule has 20 heavy (non-hydrogen) atoms. The highest BCUT2D eigenvalue weighted by atomic mass is 32.2. The highest BCUT2D eigenvalue weighted by Gasteiger charge is 2.27. The highest BCUT2D eigenvalue weighted by molar-refractivity contribution is 7.89. The van der Waals surface area contributed by atoms with Crippen molar-refractivity contribution in [1.29, 1.82) is 0 Å².